The number of carbonyl (C=O) groups excluding carboxylic acids is 1. The van der Waals surface area contributed by atoms with Crippen molar-refractivity contribution in [2.75, 3.05) is 18.0 Å². The largest absolute Gasteiger partial charge is 0.372 e. The van der Waals surface area contributed by atoms with E-state index in [2.05, 4.69) is 30.9 Å². The van der Waals surface area contributed by atoms with Crippen molar-refractivity contribution in [3.8, 4) is 0 Å². The highest BCUT2D eigenvalue weighted by atomic mass is 16.1. The van der Waals surface area contributed by atoms with E-state index in [1.807, 2.05) is 12.1 Å². The van der Waals surface area contributed by atoms with Gasteiger partial charge in [0.15, 0.2) is 0 Å². The maximum Gasteiger partial charge on any atom is 0.142 e. The lowest BCUT2D eigenvalue weighted by atomic mass is 10.2. The molecular formula is C13H17NO. The van der Waals surface area contributed by atoms with Crippen LogP contribution in [0.25, 0.3) is 6.08 Å². The molecule has 0 fully saturated rings. The Morgan fingerprint density at radius 2 is 1.73 bits per heavy atom. The first-order valence-electron chi connectivity index (χ1n) is 5.28. The number of carbonyl (C=O) groups is 1. The van der Waals surface area contributed by atoms with Gasteiger partial charge in [-0.15, -0.1) is 0 Å². The highest BCUT2D eigenvalue weighted by Gasteiger charge is 1.99. The fraction of sp³-hybridized carbons (Fsp3) is 0.308. The van der Waals surface area contributed by atoms with Gasteiger partial charge in [-0.05, 0) is 37.6 Å². The van der Waals surface area contributed by atoms with Crippen molar-refractivity contribution in [3.63, 3.8) is 0 Å². The molecule has 1 aromatic carbocycles. The summed E-state index contributed by atoms with van der Waals surface area (Å²) in [6, 6.07) is 8.20. The average Bonchev–Trinajstić information content (AvgIpc) is 2.29. The Hall–Kier alpha value is -1.57. The summed E-state index contributed by atoms with van der Waals surface area (Å²) in [4.78, 5) is 12.4. The minimum Gasteiger partial charge on any atom is -0.372 e. The van der Waals surface area contributed by atoms with Crippen molar-refractivity contribution in [2.45, 2.75) is 13.8 Å². The van der Waals surface area contributed by atoms with Crippen LogP contribution >= 0.6 is 0 Å². The molecule has 0 radical (unpaired) electrons. The van der Waals surface area contributed by atoms with E-state index < -0.39 is 0 Å². The lowest BCUT2D eigenvalue weighted by Crippen LogP contribution is -2.21. The summed E-state index contributed by atoms with van der Waals surface area (Å²) < 4.78 is 0. The summed E-state index contributed by atoms with van der Waals surface area (Å²) in [5, 5.41) is 0. The van der Waals surface area contributed by atoms with Crippen LogP contribution in [0.3, 0.4) is 0 Å². The van der Waals surface area contributed by atoms with Crippen LogP contribution in [-0.2, 0) is 4.79 Å². The van der Waals surface area contributed by atoms with Gasteiger partial charge < -0.3 is 4.90 Å². The van der Waals surface area contributed by atoms with E-state index in [1.165, 1.54) is 11.8 Å². The number of rotatable bonds is 5. The maximum absolute atomic E-state index is 10.2. The Bertz CT molecular complexity index is 323. The summed E-state index contributed by atoms with van der Waals surface area (Å²) in [5.74, 6) is 0. The van der Waals surface area contributed by atoms with E-state index in [4.69, 9.17) is 0 Å². The second kappa shape index (κ2) is 6.02. The fourth-order valence-corrected chi connectivity index (χ4v) is 1.54. The molecule has 0 unspecified atom stereocenters. The Morgan fingerprint density at radius 1 is 1.13 bits per heavy atom. The van der Waals surface area contributed by atoms with E-state index in [-0.39, 0.29) is 0 Å². The van der Waals surface area contributed by atoms with Gasteiger partial charge in [0.05, 0.1) is 0 Å². The van der Waals surface area contributed by atoms with Crippen molar-refractivity contribution in [1.29, 1.82) is 0 Å². The predicted octanol–water partition coefficient (Wildman–Crippen LogP) is 2.74. The SMILES string of the molecule is CCN(CC)c1ccc(/C=C/C=O)cc1. The number of hydrogen-bond acceptors (Lipinski definition) is 2. The fourth-order valence-electron chi connectivity index (χ4n) is 1.54. The maximum atomic E-state index is 10.2. The second-order valence-electron chi connectivity index (χ2n) is 3.26. The van der Waals surface area contributed by atoms with Crippen LogP contribution in [0.2, 0.25) is 0 Å². The van der Waals surface area contributed by atoms with Gasteiger partial charge in [-0.1, -0.05) is 18.2 Å². The van der Waals surface area contributed by atoms with E-state index >= 15 is 0 Å². The molecule has 0 atom stereocenters. The molecule has 80 valence electrons. The quantitative estimate of drug-likeness (QED) is 0.541. The van der Waals surface area contributed by atoms with Crippen molar-refractivity contribution in [2.24, 2.45) is 0 Å². The third kappa shape index (κ3) is 3.24. The Kier molecular flexibility index (Phi) is 4.61. The van der Waals surface area contributed by atoms with Crippen molar-refractivity contribution >= 4 is 18.0 Å². The molecule has 0 amide bonds. The summed E-state index contributed by atoms with van der Waals surface area (Å²) in [5.41, 5.74) is 2.28. The predicted molar refractivity (Wildman–Crippen MR) is 65.1 cm³/mol. The van der Waals surface area contributed by atoms with Crippen LogP contribution in [0.4, 0.5) is 5.69 Å². The monoisotopic (exact) mass is 203 g/mol. The number of aldehydes is 1. The molecule has 2 heteroatoms. The standard InChI is InChI=1S/C13H17NO/c1-3-14(4-2)13-9-7-12(8-10-13)6-5-11-15/h5-11H,3-4H2,1-2H3/b6-5+. The number of benzene rings is 1. The zero-order chi connectivity index (χ0) is 11.1. The van der Waals surface area contributed by atoms with Crippen LogP contribution in [0.1, 0.15) is 19.4 Å². The molecule has 0 aromatic heterocycles. The first-order valence-corrected chi connectivity index (χ1v) is 5.28. The highest BCUT2D eigenvalue weighted by Crippen LogP contribution is 2.15. The molecule has 0 saturated carbocycles. The van der Waals surface area contributed by atoms with E-state index in [0.29, 0.717) is 0 Å². The molecule has 0 spiro atoms. The molecule has 0 bridgehead atoms. The first kappa shape index (κ1) is 11.5. The summed E-state index contributed by atoms with van der Waals surface area (Å²) >= 11 is 0. The van der Waals surface area contributed by atoms with Crippen LogP contribution in [-0.4, -0.2) is 19.4 Å². The van der Waals surface area contributed by atoms with Gasteiger partial charge in [-0.2, -0.15) is 0 Å². The molecule has 2 nitrogen and oxygen atoms in total. The van der Waals surface area contributed by atoms with Gasteiger partial charge in [0.1, 0.15) is 6.29 Å². The van der Waals surface area contributed by atoms with Gasteiger partial charge in [0.25, 0.3) is 0 Å². The molecule has 15 heavy (non-hydrogen) atoms. The summed E-state index contributed by atoms with van der Waals surface area (Å²) in [7, 11) is 0. The lowest BCUT2D eigenvalue weighted by molar-refractivity contribution is -0.104. The van der Waals surface area contributed by atoms with Gasteiger partial charge in [-0.3, -0.25) is 4.79 Å². The van der Waals surface area contributed by atoms with Gasteiger partial charge in [0.2, 0.25) is 0 Å². The molecular weight excluding hydrogens is 186 g/mol. The van der Waals surface area contributed by atoms with Crippen LogP contribution in [0, 0.1) is 0 Å². The van der Waals surface area contributed by atoms with Crippen LogP contribution in [0.15, 0.2) is 30.3 Å². The third-order valence-electron chi connectivity index (χ3n) is 2.39. The van der Waals surface area contributed by atoms with Crippen molar-refractivity contribution in [3.05, 3.63) is 35.9 Å². The minimum absolute atomic E-state index is 0.790. The normalized spacial score (nSPS) is 10.5. The Balaban J connectivity index is 2.79. The van der Waals surface area contributed by atoms with Gasteiger partial charge in [0, 0.05) is 18.8 Å². The summed E-state index contributed by atoms with van der Waals surface area (Å²) in [6.07, 6.45) is 4.10. The first-order chi connectivity index (χ1) is 7.31. The van der Waals surface area contributed by atoms with Gasteiger partial charge in [-0.25, -0.2) is 0 Å². The molecule has 0 aliphatic rings. The highest BCUT2D eigenvalue weighted by molar-refractivity contribution is 5.74. The molecule has 1 rings (SSSR count). The van der Waals surface area contributed by atoms with E-state index in [0.717, 1.165) is 24.9 Å². The molecule has 0 aliphatic heterocycles. The third-order valence-corrected chi connectivity index (χ3v) is 2.39. The van der Waals surface area contributed by atoms with Crippen LogP contribution in [0.5, 0.6) is 0 Å². The summed E-state index contributed by atoms with van der Waals surface area (Å²) in [6.45, 7) is 6.31. The Labute approximate surface area is 91.2 Å². The minimum atomic E-state index is 0.790. The molecule has 0 N–H and O–H groups in total. The lowest BCUT2D eigenvalue weighted by Gasteiger charge is -2.20. The number of hydrogen-bond donors (Lipinski definition) is 0. The topological polar surface area (TPSA) is 20.3 Å². The second-order valence-corrected chi connectivity index (χ2v) is 3.26. The molecule has 0 aliphatic carbocycles. The zero-order valence-electron chi connectivity index (χ0n) is 9.31. The molecule has 0 saturated heterocycles. The zero-order valence-corrected chi connectivity index (χ0v) is 9.31. The van der Waals surface area contributed by atoms with Gasteiger partial charge >= 0.3 is 0 Å². The molecule has 1 aromatic rings. The average molecular weight is 203 g/mol. The van der Waals surface area contributed by atoms with E-state index in [9.17, 15) is 4.79 Å². The van der Waals surface area contributed by atoms with Crippen molar-refractivity contribution in [1.82, 2.24) is 0 Å². The smallest absolute Gasteiger partial charge is 0.142 e. The van der Waals surface area contributed by atoms with E-state index in [1.54, 1.807) is 6.08 Å². The number of anilines is 1. The Morgan fingerprint density at radius 3 is 2.20 bits per heavy atom. The molecule has 0 heterocycles. The number of nitrogens with zero attached hydrogens (tertiary/aromatic N) is 1. The van der Waals surface area contributed by atoms with Crippen LogP contribution < -0.4 is 4.90 Å². The number of allylic oxidation sites excluding steroid dienone is 1. The van der Waals surface area contributed by atoms with Crippen molar-refractivity contribution < 1.29 is 4.79 Å².